The fourth-order valence-electron chi connectivity index (χ4n) is 1.75. The van der Waals surface area contributed by atoms with E-state index < -0.39 is 0 Å². The molecule has 18 heavy (non-hydrogen) atoms. The summed E-state index contributed by atoms with van der Waals surface area (Å²) in [4.78, 5) is 15.8. The van der Waals surface area contributed by atoms with Crippen LogP contribution >= 0.6 is 15.9 Å². The van der Waals surface area contributed by atoms with Gasteiger partial charge in [0.15, 0.2) is 0 Å². The number of benzene rings is 1. The van der Waals surface area contributed by atoms with Gasteiger partial charge >= 0.3 is 5.97 Å². The lowest BCUT2D eigenvalue weighted by molar-refractivity contribution is 0.0588. The molecular formula is C13H13BrN2O2. The number of nitrogens with zero attached hydrogens (tertiary/aromatic N) is 2. The Labute approximate surface area is 114 Å². The molecule has 1 heterocycles. The van der Waals surface area contributed by atoms with E-state index in [0.29, 0.717) is 12.2 Å². The van der Waals surface area contributed by atoms with Crippen molar-refractivity contribution in [3.05, 3.63) is 52.0 Å². The van der Waals surface area contributed by atoms with Gasteiger partial charge in [-0.25, -0.2) is 9.78 Å². The summed E-state index contributed by atoms with van der Waals surface area (Å²) in [6, 6.07) is 7.95. The van der Waals surface area contributed by atoms with E-state index in [9.17, 15) is 4.79 Å². The zero-order valence-corrected chi connectivity index (χ0v) is 11.8. The highest BCUT2D eigenvalue weighted by Gasteiger charge is 2.14. The summed E-state index contributed by atoms with van der Waals surface area (Å²) in [5.41, 5.74) is 1.56. The number of carbonyl (C=O) groups is 1. The maximum atomic E-state index is 11.6. The molecule has 0 saturated heterocycles. The van der Waals surface area contributed by atoms with Crippen LogP contribution in [0.25, 0.3) is 0 Å². The highest BCUT2D eigenvalue weighted by molar-refractivity contribution is 9.10. The minimum atomic E-state index is -0.370. The molecule has 0 amide bonds. The van der Waals surface area contributed by atoms with Crippen LogP contribution in [0, 0.1) is 6.92 Å². The number of hydrogen-bond donors (Lipinski definition) is 0. The second kappa shape index (κ2) is 5.35. The molecule has 2 rings (SSSR count). The minimum Gasteiger partial charge on any atom is -0.464 e. The number of imidazole rings is 1. The highest BCUT2D eigenvalue weighted by Crippen LogP contribution is 2.15. The quantitative estimate of drug-likeness (QED) is 0.819. The summed E-state index contributed by atoms with van der Waals surface area (Å²) < 4.78 is 7.60. The number of aryl methyl sites for hydroxylation is 1. The van der Waals surface area contributed by atoms with Crippen molar-refractivity contribution >= 4 is 21.9 Å². The maximum Gasteiger partial charge on any atom is 0.356 e. The second-order valence-electron chi connectivity index (χ2n) is 3.90. The molecule has 0 aliphatic rings. The Morgan fingerprint density at radius 2 is 2.28 bits per heavy atom. The first-order valence-electron chi connectivity index (χ1n) is 5.46. The van der Waals surface area contributed by atoms with Gasteiger partial charge < -0.3 is 9.30 Å². The molecule has 0 aliphatic carbocycles. The van der Waals surface area contributed by atoms with Crippen molar-refractivity contribution in [2.24, 2.45) is 0 Å². The van der Waals surface area contributed by atoms with E-state index >= 15 is 0 Å². The molecule has 0 N–H and O–H groups in total. The Morgan fingerprint density at radius 1 is 1.50 bits per heavy atom. The summed E-state index contributed by atoms with van der Waals surface area (Å²) in [6.07, 6.45) is 1.54. The number of halogens is 1. The molecule has 0 aliphatic heterocycles. The molecule has 0 fully saturated rings. The first kappa shape index (κ1) is 12.8. The molecule has 5 heteroatoms. The lowest BCUT2D eigenvalue weighted by atomic mass is 10.2. The lowest BCUT2D eigenvalue weighted by Gasteiger charge is -2.09. The largest absolute Gasteiger partial charge is 0.464 e. The van der Waals surface area contributed by atoms with E-state index in [0.717, 1.165) is 15.9 Å². The zero-order chi connectivity index (χ0) is 13.1. The van der Waals surface area contributed by atoms with E-state index in [1.807, 2.05) is 35.8 Å². The van der Waals surface area contributed by atoms with Crippen LogP contribution in [0.2, 0.25) is 0 Å². The molecule has 0 saturated carbocycles. The van der Waals surface area contributed by atoms with Gasteiger partial charge in [0.1, 0.15) is 11.5 Å². The highest BCUT2D eigenvalue weighted by atomic mass is 79.9. The predicted octanol–water partition coefficient (Wildman–Crippen LogP) is 2.79. The van der Waals surface area contributed by atoms with E-state index in [2.05, 4.69) is 20.9 Å². The Morgan fingerprint density at radius 3 is 2.94 bits per heavy atom. The Kier molecular flexibility index (Phi) is 3.81. The Balaban J connectivity index is 2.34. The van der Waals surface area contributed by atoms with Crippen LogP contribution in [0.1, 0.15) is 21.9 Å². The van der Waals surface area contributed by atoms with Gasteiger partial charge in [0, 0.05) is 11.0 Å². The van der Waals surface area contributed by atoms with Gasteiger partial charge in [-0.1, -0.05) is 28.1 Å². The summed E-state index contributed by atoms with van der Waals surface area (Å²) in [6.45, 7) is 2.46. The van der Waals surface area contributed by atoms with Crippen molar-refractivity contribution in [2.75, 3.05) is 7.11 Å². The molecule has 94 valence electrons. The van der Waals surface area contributed by atoms with Gasteiger partial charge in [0.05, 0.1) is 13.3 Å². The summed E-state index contributed by atoms with van der Waals surface area (Å²) in [5, 5.41) is 0. The van der Waals surface area contributed by atoms with Gasteiger partial charge in [-0.2, -0.15) is 0 Å². The summed E-state index contributed by atoms with van der Waals surface area (Å²) >= 11 is 3.43. The summed E-state index contributed by atoms with van der Waals surface area (Å²) in [7, 11) is 1.37. The SMILES string of the molecule is COC(=O)c1cnc(C)n1Cc1cccc(Br)c1. The third kappa shape index (κ3) is 2.61. The third-order valence-corrected chi connectivity index (χ3v) is 3.17. The van der Waals surface area contributed by atoms with Crippen LogP contribution in [0.3, 0.4) is 0 Å². The number of aromatic nitrogens is 2. The van der Waals surface area contributed by atoms with E-state index in [1.54, 1.807) is 6.20 Å². The monoisotopic (exact) mass is 308 g/mol. The third-order valence-electron chi connectivity index (χ3n) is 2.68. The number of hydrogen-bond acceptors (Lipinski definition) is 3. The van der Waals surface area contributed by atoms with Crippen LogP contribution < -0.4 is 0 Å². The van der Waals surface area contributed by atoms with Gasteiger partial charge in [-0.3, -0.25) is 0 Å². The van der Waals surface area contributed by atoms with Crippen LogP contribution in [0.5, 0.6) is 0 Å². The number of esters is 1. The minimum absolute atomic E-state index is 0.370. The fraction of sp³-hybridized carbons (Fsp3) is 0.231. The first-order chi connectivity index (χ1) is 8.61. The predicted molar refractivity (Wildman–Crippen MR) is 71.5 cm³/mol. The normalized spacial score (nSPS) is 10.4. The number of methoxy groups -OCH3 is 1. The summed E-state index contributed by atoms with van der Waals surface area (Å²) in [5.74, 6) is 0.418. The van der Waals surface area contributed by atoms with Gasteiger partial charge in [-0.05, 0) is 24.6 Å². The van der Waals surface area contributed by atoms with Crippen LogP contribution in [0.4, 0.5) is 0 Å². The van der Waals surface area contributed by atoms with Gasteiger partial charge in [0.25, 0.3) is 0 Å². The number of carbonyl (C=O) groups excluding carboxylic acids is 1. The molecule has 0 unspecified atom stereocenters. The molecule has 2 aromatic rings. The Hall–Kier alpha value is -1.62. The fourth-order valence-corrected chi connectivity index (χ4v) is 2.20. The van der Waals surface area contributed by atoms with Crippen molar-refractivity contribution in [3.63, 3.8) is 0 Å². The topological polar surface area (TPSA) is 44.1 Å². The van der Waals surface area contributed by atoms with E-state index in [-0.39, 0.29) is 5.97 Å². The molecule has 0 spiro atoms. The van der Waals surface area contributed by atoms with E-state index in [1.165, 1.54) is 7.11 Å². The van der Waals surface area contributed by atoms with Gasteiger partial charge in [0.2, 0.25) is 0 Å². The average molecular weight is 309 g/mol. The van der Waals surface area contributed by atoms with Crippen molar-refractivity contribution in [1.29, 1.82) is 0 Å². The standard InChI is InChI=1S/C13H13BrN2O2/c1-9-15-7-12(13(17)18-2)16(9)8-10-4-3-5-11(14)6-10/h3-7H,8H2,1-2H3. The number of ether oxygens (including phenoxy) is 1. The number of rotatable bonds is 3. The molecular weight excluding hydrogens is 296 g/mol. The molecule has 0 atom stereocenters. The molecule has 0 radical (unpaired) electrons. The Bertz CT molecular complexity index is 578. The average Bonchev–Trinajstić information content (AvgIpc) is 2.70. The molecule has 1 aromatic carbocycles. The molecule has 1 aromatic heterocycles. The second-order valence-corrected chi connectivity index (χ2v) is 4.81. The van der Waals surface area contributed by atoms with Crippen LogP contribution in [-0.2, 0) is 11.3 Å². The van der Waals surface area contributed by atoms with E-state index in [4.69, 9.17) is 4.74 Å². The van der Waals surface area contributed by atoms with Crippen molar-refractivity contribution in [3.8, 4) is 0 Å². The zero-order valence-electron chi connectivity index (χ0n) is 10.2. The van der Waals surface area contributed by atoms with Crippen molar-refractivity contribution in [1.82, 2.24) is 9.55 Å². The van der Waals surface area contributed by atoms with Crippen molar-refractivity contribution < 1.29 is 9.53 Å². The lowest BCUT2D eigenvalue weighted by Crippen LogP contribution is -2.12. The molecule has 4 nitrogen and oxygen atoms in total. The van der Waals surface area contributed by atoms with Crippen LogP contribution in [-0.4, -0.2) is 22.6 Å². The van der Waals surface area contributed by atoms with Crippen molar-refractivity contribution in [2.45, 2.75) is 13.5 Å². The molecule has 0 bridgehead atoms. The van der Waals surface area contributed by atoms with Gasteiger partial charge in [-0.15, -0.1) is 0 Å². The maximum absolute atomic E-state index is 11.6. The van der Waals surface area contributed by atoms with Crippen LogP contribution in [0.15, 0.2) is 34.9 Å². The smallest absolute Gasteiger partial charge is 0.356 e. The first-order valence-corrected chi connectivity index (χ1v) is 6.26.